The molecule has 0 saturated heterocycles. The molecule has 0 aliphatic heterocycles. The van der Waals surface area contributed by atoms with Crippen LogP contribution in [-0.4, -0.2) is 16.1 Å². The van der Waals surface area contributed by atoms with Crippen LogP contribution in [0.4, 0.5) is 10.5 Å². The van der Waals surface area contributed by atoms with E-state index in [0.717, 1.165) is 10.9 Å². The SMILES string of the molecule is O=C(NCc1ccccc1)Nc1ccc2cccnc2c1O. The molecule has 0 bridgehead atoms. The third-order valence-corrected chi connectivity index (χ3v) is 3.29. The first-order chi connectivity index (χ1) is 10.7. The number of urea groups is 1. The highest BCUT2D eigenvalue weighted by atomic mass is 16.3. The van der Waals surface area contributed by atoms with E-state index < -0.39 is 0 Å². The Morgan fingerprint density at radius 1 is 1.05 bits per heavy atom. The van der Waals surface area contributed by atoms with Crippen molar-refractivity contribution < 1.29 is 9.90 Å². The Morgan fingerprint density at radius 2 is 1.86 bits per heavy atom. The number of benzene rings is 2. The highest BCUT2D eigenvalue weighted by molar-refractivity contribution is 5.97. The predicted octanol–water partition coefficient (Wildman–Crippen LogP) is 3.26. The van der Waals surface area contributed by atoms with Gasteiger partial charge in [0.25, 0.3) is 0 Å². The Kier molecular flexibility index (Phi) is 3.87. The largest absolute Gasteiger partial charge is 0.504 e. The summed E-state index contributed by atoms with van der Waals surface area (Å²) in [6, 6.07) is 16.3. The minimum Gasteiger partial charge on any atom is -0.504 e. The summed E-state index contributed by atoms with van der Waals surface area (Å²) in [5, 5.41) is 16.4. The molecule has 0 spiro atoms. The van der Waals surface area contributed by atoms with Crippen molar-refractivity contribution in [2.75, 3.05) is 5.32 Å². The molecule has 0 radical (unpaired) electrons. The van der Waals surface area contributed by atoms with Crippen LogP contribution < -0.4 is 10.6 Å². The Bertz CT molecular complexity index is 803. The van der Waals surface area contributed by atoms with Crippen LogP contribution in [-0.2, 0) is 6.54 Å². The maximum Gasteiger partial charge on any atom is 0.319 e. The molecular formula is C17H15N3O2. The fourth-order valence-corrected chi connectivity index (χ4v) is 2.18. The van der Waals surface area contributed by atoms with Gasteiger partial charge < -0.3 is 15.7 Å². The number of nitrogens with one attached hydrogen (secondary N) is 2. The molecule has 2 amide bonds. The number of hydrogen-bond acceptors (Lipinski definition) is 3. The van der Waals surface area contributed by atoms with Gasteiger partial charge in [0.15, 0.2) is 5.75 Å². The van der Waals surface area contributed by atoms with E-state index in [2.05, 4.69) is 15.6 Å². The standard InChI is InChI=1S/C17H15N3O2/c21-16-14(9-8-13-7-4-10-18-15(13)16)20-17(22)19-11-12-5-2-1-3-6-12/h1-10,21H,11H2,(H2,19,20,22). The van der Waals surface area contributed by atoms with E-state index in [9.17, 15) is 9.90 Å². The molecule has 0 aliphatic rings. The van der Waals surface area contributed by atoms with E-state index in [1.165, 1.54) is 0 Å². The minimum atomic E-state index is -0.380. The first-order valence-corrected chi connectivity index (χ1v) is 6.89. The first-order valence-electron chi connectivity index (χ1n) is 6.89. The van der Waals surface area contributed by atoms with Gasteiger partial charge in [-0.15, -0.1) is 0 Å². The zero-order valence-electron chi connectivity index (χ0n) is 11.8. The number of nitrogens with zero attached hydrogens (tertiary/aromatic N) is 1. The Balaban J connectivity index is 1.70. The number of phenolic OH excluding ortho intramolecular Hbond substituents is 1. The Labute approximate surface area is 127 Å². The van der Waals surface area contributed by atoms with Crippen LogP contribution in [0.3, 0.4) is 0 Å². The lowest BCUT2D eigenvalue weighted by Crippen LogP contribution is -2.28. The second-order valence-electron chi connectivity index (χ2n) is 4.83. The smallest absolute Gasteiger partial charge is 0.319 e. The van der Waals surface area contributed by atoms with Crippen molar-refractivity contribution in [3.63, 3.8) is 0 Å². The molecule has 0 aliphatic carbocycles. The number of phenols is 1. The fraction of sp³-hybridized carbons (Fsp3) is 0.0588. The molecule has 3 rings (SSSR count). The quantitative estimate of drug-likeness (QED) is 0.649. The summed E-state index contributed by atoms with van der Waals surface area (Å²) in [6.07, 6.45) is 1.60. The van der Waals surface area contributed by atoms with Gasteiger partial charge in [-0.3, -0.25) is 4.98 Å². The third-order valence-electron chi connectivity index (χ3n) is 3.29. The molecule has 3 N–H and O–H groups in total. The number of rotatable bonds is 3. The van der Waals surface area contributed by atoms with Crippen LogP contribution in [0, 0.1) is 0 Å². The average molecular weight is 293 g/mol. The number of aromatic hydroxyl groups is 1. The maximum atomic E-state index is 11.9. The summed E-state index contributed by atoms with van der Waals surface area (Å²) < 4.78 is 0. The Morgan fingerprint density at radius 3 is 2.68 bits per heavy atom. The lowest BCUT2D eigenvalue weighted by molar-refractivity contribution is 0.251. The predicted molar refractivity (Wildman–Crippen MR) is 85.7 cm³/mol. The zero-order chi connectivity index (χ0) is 15.4. The highest BCUT2D eigenvalue weighted by Crippen LogP contribution is 2.30. The average Bonchev–Trinajstić information content (AvgIpc) is 2.57. The molecule has 0 atom stereocenters. The second kappa shape index (κ2) is 6.13. The van der Waals surface area contributed by atoms with Crippen molar-refractivity contribution in [2.24, 2.45) is 0 Å². The van der Waals surface area contributed by atoms with Crippen LogP contribution in [0.2, 0.25) is 0 Å². The van der Waals surface area contributed by atoms with E-state index in [0.29, 0.717) is 17.7 Å². The van der Waals surface area contributed by atoms with Crippen molar-refractivity contribution in [3.8, 4) is 5.75 Å². The number of fused-ring (bicyclic) bond motifs is 1. The second-order valence-corrected chi connectivity index (χ2v) is 4.83. The molecule has 110 valence electrons. The van der Waals surface area contributed by atoms with E-state index in [1.54, 1.807) is 24.4 Å². The van der Waals surface area contributed by atoms with E-state index in [1.807, 2.05) is 36.4 Å². The number of hydrogen-bond donors (Lipinski definition) is 3. The van der Waals surface area contributed by atoms with Crippen molar-refractivity contribution in [1.29, 1.82) is 0 Å². The number of carbonyl (C=O) groups is 1. The molecule has 5 nitrogen and oxygen atoms in total. The summed E-state index contributed by atoms with van der Waals surface area (Å²) >= 11 is 0. The van der Waals surface area contributed by atoms with Crippen LogP contribution >= 0.6 is 0 Å². The third kappa shape index (κ3) is 2.98. The van der Waals surface area contributed by atoms with Gasteiger partial charge >= 0.3 is 6.03 Å². The Hall–Kier alpha value is -3.08. The summed E-state index contributed by atoms with van der Waals surface area (Å²) in [6.45, 7) is 0.416. The lowest BCUT2D eigenvalue weighted by atomic mass is 10.2. The number of aromatic nitrogens is 1. The van der Waals surface area contributed by atoms with Crippen molar-refractivity contribution >= 4 is 22.6 Å². The topological polar surface area (TPSA) is 74.2 Å². The number of amides is 2. The van der Waals surface area contributed by atoms with Gasteiger partial charge in [-0.2, -0.15) is 0 Å². The number of anilines is 1. The summed E-state index contributed by atoms with van der Waals surface area (Å²) in [4.78, 5) is 16.0. The van der Waals surface area contributed by atoms with Gasteiger partial charge in [-0.25, -0.2) is 4.79 Å². The van der Waals surface area contributed by atoms with Gasteiger partial charge in [0.05, 0.1) is 5.69 Å². The molecule has 22 heavy (non-hydrogen) atoms. The van der Waals surface area contributed by atoms with Gasteiger partial charge in [0.1, 0.15) is 5.52 Å². The maximum absolute atomic E-state index is 11.9. The number of carbonyl (C=O) groups excluding carboxylic acids is 1. The molecule has 1 heterocycles. The van der Waals surface area contributed by atoms with E-state index >= 15 is 0 Å². The van der Waals surface area contributed by atoms with E-state index in [4.69, 9.17) is 0 Å². The monoisotopic (exact) mass is 293 g/mol. The zero-order valence-corrected chi connectivity index (χ0v) is 11.8. The van der Waals surface area contributed by atoms with Crippen molar-refractivity contribution in [2.45, 2.75) is 6.54 Å². The van der Waals surface area contributed by atoms with Gasteiger partial charge in [0, 0.05) is 18.1 Å². The molecular weight excluding hydrogens is 278 g/mol. The molecule has 0 saturated carbocycles. The molecule has 0 unspecified atom stereocenters. The van der Waals surface area contributed by atoms with Crippen LogP contribution in [0.5, 0.6) is 5.75 Å². The van der Waals surface area contributed by atoms with Crippen LogP contribution in [0.25, 0.3) is 10.9 Å². The van der Waals surface area contributed by atoms with Crippen LogP contribution in [0.1, 0.15) is 5.56 Å². The molecule has 5 heteroatoms. The molecule has 3 aromatic rings. The highest BCUT2D eigenvalue weighted by Gasteiger charge is 2.10. The van der Waals surface area contributed by atoms with Gasteiger partial charge in [-0.1, -0.05) is 42.5 Å². The normalized spacial score (nSPS) is 10.4. The lowest BCUT2D eigenvalue weighted by Gasteiger charge is -2.10. The minimum absolute atomic E-state index is 0.0343. The van der Waals surface area contributed by atoms with Gasteiger partial charge in [-0.05, 0) is 17.7 Å². The molecule has 0 fully saturated rings. The number of pyridine rings is 1. The summed E-state index contributed by atoms with van der Waals surface area (Å²) in [7, 11) is 0. The van der Waals surface area contributed by atoms with Crippen molar-refractivity contribution in [3.05, 3.63) is 66.4 Å². The molecule has 2 aromatic carbocycles. The van der Waals surface area contributed by atoms with Crippen LogP contribution in [0.15, 0.2) is 60.8 Å². The van der Waals surface area contributed by atoms with Gasteiger partial charge in [0.2, 0.25) is 0 Å². The fourth-order valence-electron chi connectivity index (χ4n) is 2.18. The van der Waals surface area contributed by atoms with E-state index in [-0.39, 0.29) is 11.8 Å². The molecule has 1 aromatic heterocycles. The first kappa shape index (κ1) is 13.9. The summed E-state index contributed by atoms with van der Waals surface area (Å²) in [5.74, 6) is -0.0343. The summed E-state index contributed by atoms with van der Waals surface area (Å²) in [5.41, 5.74) is 1.79. The van der Waals surface area contributed by atoms with Crippen molar-refractivity contribution in [1.82, 2.24) is 10.3 Å².